The van der Waals surface area contributed by atoms with Gasteiger partial charge in [0.25, 0.3) is 5.91 Å². The SMILES string of the molecule is O=C(c1ccc2c(c1)CCO2)N(Cc1ccc(-c2ccccc2)cc1)Cc1cnc[nH]1. The molecule has 1 aliphatic heterocycles. The van der Waals surface area contributed by atoms with Crippen molar-refractivity contribution in [1.82, 2.24) is 14.9 Å². The second-order valence-electron chi connectivity index (χ2n) is 7.72. The summed E-state index contributed by atoms with van der Waals surface area (Å²) >= 11 is 0. The monoisotopic (exact) mass is 409 g/mol. The van der Waals surface area contributed by atoms with Gasteiger partial charge in [0.2, 0.25) is 0 Å². The molecule has 5 heteroatoms. The topological polar surface area (TPSA) is 58.2 Å². The number of nitrogens with one attached hydrogen (secondary N) is 1. The number of H-pyrrole nitrogens is 1. The van der Waals surface area contributed by atoms with Gasteiger partial charge in [0.15, 0.2) is 0 Å². The average Bonchev–Trinajstić information content (AvgIpc) is 3.51. The molecule has 1 N–H and O–H groups in total. The normalized spacial score (nSPS) is 12.3. The van der Waals surface area contributed by atoms with Crippen LogP contribution in [0.1, 0.15) is 27.2 Å². The van der Waals surface area contributed by atoms with Gasteiger partial charge in [-0.05, 0) is 40.5 Å². The van der Waals surface area contributed by atoms with Crippen molar-refractivity contribution in [1.29, 1.82) is 0 Å². The van der Waals surface area contributed by atoms with Gasteiger partial charge in [0, 0.05) is 24.7 Å². The van der Waals surface area contributed by atoms with E-state index >= 15 is 0 Å². The lowest BCUT2D eigenvalue weighted by Gasteiger charge is -2.23. The maximum Gasteiger partial charge on any atom is 0.254 e. The summed E-state index contributed by atoms with van der Waals surface area (Å²) < 4.78 is 5.58. The number of imidazole rings is 1. The van der Waals surface area contributed by atoms with Gasteiger partial charge in [-0.15, -0.1) is 0 Å². The fraction of sp³-hybridized carbons (Fsp3) is 0.154. The van der Waals surface area contributed by atoms with Crippen LogP contribution in [0.3, 0.4) is 0 Å². The third-order valence-electron chi connectivity index (χ3n) is 5.57. The number of amides is 1. The first kappa shape index (κ1) is 19.1. The minimum atomic E-state index is -0.00330. The van der Waals surface area contributed by atoms with Gasteiger partial charge >= 0.3 is 0 Å². The van der Waals surface area contributed by atoms with Crippen LogP contribution in [-0.2, 0) is 19.5 Å². The highest BCUT2D eigenvalue weighted by Gasteiger charge is 2.20. The Balaban J connectivity index is 1.39. The fourth-order valence-electron chi connectivity index (χ4n) is 3.93. The van der Waals surface area contributed by atoms with Gasteiger partial charge in [-0.25, -0.2) is 4.98 Å². The summed E-state index contributed by atoms with van der Waals surface area (Å²) in [6.07, 6.45) is 4.24. The van der Waals surface area contributed by atoms with Gasteiger partial charge in [-0.1, -0.05) is 54.6 Å². The van der Waals surface area contributed by atoms with Crippen molar-refractivity contribution < 1.29 is 9.53 Å². The Bertz CT molecular complexity index is 1170. The minimum Gasteiger partial charge on any atom is -0.493 e. The summed E-state index contributed by atoms with van der Waals surface area (Å²) in [6.45, 7) is 1.66. The van der Waals surface area contributed by atoms with Gasteiger partial charge in [0.1, 0.15) is 5.75 Å². The van der Waals surface area contributed by atoms with Gasteiger partial charge in [-0.3, -0.25) is 4.79 Å². The molecule has 154 valence electrons. The summed E-state index contributed by atoms with van der Waals surface area (Å²) in [5.41, 5.74) is 6.11. The Hall–Kier alpha value is -3.86. The fourth-order valence-corrected chi connectivity index (χ4v) is 3.93. The zero-order valence-corrected chi connectivity index (χ0v) is 17.1. The molecule has 1 amide bonds. The van der Waals surface area contributed by atoms with Crippen molar-refractivity contribution in [2.75, 3.05) is 6.61 Å². The first-order chi connectivity index (χ1) is 15.3. The number of aromatic amines is 1. The maximum absolute atomic E-state index is 13.4. The summed E-state index contributed by atoms with van der Waals surface area (Å²) in [5.74, 6) is 0.879. The van der Waals surface area contributed by atoms with E-state index in [0.29, 0.717) is 25.3 Å². The first-order valence-electron chi connectivity index (χ1n) is 10.4. The van der Waals surface area contributed by atoms with Gasteiger partial charge < -0.3 is 14.6 Å². The molecule has 5 rings (SSSR count). The van der Waals surface area contributed by atoms with Crippen LogP contribution in [0, 0.1) is 0 Å². The molecule has 31 heavy (non-hydrogen) atoms. The second-order valence-corrected chi connectivity index (χ2v) is 7.72. The van der Waals surface area contributed by atoms with Crippen molar-refractivity contribution >= 4 is 5.91 Å². The van der Waals surface area contributed by atoms with Crippen LogP contribution < -0.4 is 4.74 Å². The second kappa shape index (κ2) is 8.48. The third-order valence-corrected chi connectivity index (χ3v) is 5.57. The summed E-state index contributed by atoms with van der Waals surface area (Å²) in [5, 5.41) is 0. The molecule has 0 bridgehead atoms. The Morgan fingerprint density at radius 3 is 2.55 bits per heavy atom. The number of rotatable bonds is 6. The van der Waals surface area contributed by atoms with E-state index in [1.54, 1.807) is 12.5 Å². The summed E-state index contributed by atoms with van der Waals surface area (Å²) in [6, 6.07) is 24.4. The molecule has 0 saturated carbocycles. The Kier molecular flexibility index (Phi) is 5.23. The van der Waals surface area contributed by atoms with Crippen molar-refractivity contribution in [2.24, 2.45) is 0 Å². The van der Waals surface area contributed by atoms with Crippen LogP contribution in [-0.4, -0.2) is 27.4 Å². The molecule has 5 nitrogen and oxygen atoms in total. The Morgan fingerprint density at radius 1 is 0.968 bits per heavy atom. The molecule has 1 aromatic heterocycles. The predicted molar refractivity (Wildman–Crippen MR) is 120 cm³/mol. The number of carbonyl (C=O) groups is 1. The van der Waals surface area contributed by atoms with E-state index in [2.05, 4.69) is 46.4 Å². The van der Waals surface area contributed by atoms with Crippen LogP contribution in [0.5, 0.6) is 5.75 Å². The molecule has 0 fully saturated rings. The Morgan fingerprint density at radius 2 is 1.77 bits per heavy atom. The average molecular weight is 409 g/mol. The first-order valence-corrected chi connectivity index (χ1v) is 10.4. The van der Waals surface area contributed by atoms with E-state index in [9.17, 15) is 4.79 Å². The predicted octanol–water partition coefficient (Wildman–Crippen LogP) is 4.85. The molecule has 1 aliphatic rings. The third kappa shape index (κ3) is 4.21. The van der Waals surface area contributed by atoms with E-state index in [1.165, 1.54) is 5.56 Å². The molecule has 0 radical (unpaired) electrons. The maximum atomic E-state index is 13.4. The quantitative estimate of drug-likeness (QED) is 0.495. The standard InChI is InChI=1S/C26H23N3O2/c30-26(23-10-11-25-22(14-23)12-13-31-25)29(17-24-15-27-18-28-24)16-19-6-8-21(9-7-19)20-4-2-1-3-5-20/h1-11,14-15,18H,12-13,16-17H2,(H,27,28). The van der Waals surface area contributed by atoms with Crippen LogP contribution in [0.15, 0.2) is 85.3 Å². The number of nitrogens with zero attached hydrogens (tertiary/aromatic N) is 2. The summed E-state index contributed by atoms with van der Waals surface area (Å²) in [7, 11) is 0. The van der Waals surface area contributed by atoms with E-state index in [1.807, 2.05) is 41.3 Å². The zero-order chi connectivity index (χ0) is 21.0. The number of hydrogen-bond acceptors (Lipinski definition) is 3. The van der Waals surface area contributed by atoms with E-state index in [0.717, 1.165) is 34.6 Å². The van der Waals surface area contributed by atoms with Crippen LogP contribution in [0.4, 0.5) is 0 Å². The minimum absolute atomic E-state index is 0.00330. The van der Waals surface area contributed by atoms with Gasteiger partial charge in [-0.2, -0.15) is 0 Å². The number of ether oxygens (including phenoxy) is 1. The molecular weight excluding hydrogens is 386 g/mol. The molecule has 4 aromatic rings. The lowest BCUT2D eigenvalue weighted by Crippen LogP contribution is -2.30. The molecule has 0 atom stereocenters. The van der Waals surface area contributed by atoms with Crippen molar-refractivity contribution in [3.63, 3.8) is 0 Å². The lowest BCUT2D eigenvalue weighted by molar-refractivity contribution is 0.0728. The molecule has 0 saturated heterocycles. The number of aromatic nitrogens is 2. The molecule has 2 heterocycles. The number of benzene rings is 3. The van der Waals surface area contributed by atoms with E-state index in [4.69, 9.17) is 4.74 Å². The van der Waals surface area contributed by atoms with E-state index < -0.39 is 0 Å². The molecule has 3 aromatic carbocycles. The number of fused-ring (bicyclic) bond motifs is 1. The Labute approximate surface area is 181 Å². The lowest BCUT2D eigenvalue weighted by atomic mass is 10.0. The smallest absolute Gasteiger partial charge is 0.254 e. The largest absolute Gasteiger partial charge is 0.493 e. The van der Waals surface area contributed by atoms with Crippen LogP contribution in [0.2, 0.25) is 0 Å². The molecule has 0 aliphatic carbocycles. The molecule has 0 spiro atoms. The van der Waals surface area contributed by atoms with Crippen molar-refractivity contribution in [3.05, 3.63) is 108 Å². The van der Waals surface area contributed by atoms with Crippen molar-refractivity contribution in [2.45, 2.75) is 19.5 Å². The number of carbonyl (C=O) groups excluding carboxylic acids is 1. The van der Waals surface area contributed by atoms with Gasteiger partial charge in [0.05, 0.1) is 25.2 Å². The van der Waals surface area contributed by atoms with Crippen LogP contribution >= 0.6 is 0 Å². The highest BCUT2D eigenvalue weighted by molar-refractivity contribution is 5.94. The highest BCUT2D eigenvalue weighted by Crippen LogP contribution is 2.27. The number of hydrogen-bond donors (Lipinski definition) is 1. The summed E-state index contributed by atoms with van der Waals surface area (Å²) in [4.78, 5) is 22.5. The van der Waals surface area contributed by atoms with Crippen molar-refractivity contribution in [3.8, 4) is 16.9 Å². The van der Waals surface area contributed by atoms with Crippen LogP contribution in [0.25, 0.3) is 11.1 Å². The van der Waals surface area contributed by atoms with E-state index in [-0.39, 0.29) is 5.91 Å². The highest BCUT2D eigenvalue weighted by atomic mass is 16.5. The molecule has 0 unspecified atom stereocenters. The zero-order valence-electron chi connectivity index (χ0n) is 17.1. The molecular formula is C26H23N3O2.